The molecule has 0 bridgehead atoms. The highest BCUT2D eigenvalue weighted by Crippen LogP contribution is 2.29. The third kappa shape index (κ3) is 3.97. The number of nitrogens with zero attached hydrogens (tertiary/aromatic N) is 1. The summed E-state index contributed by atoms with van der Waals surface area (Å²) in [7, 11) is 3.98. The quantitative estimate of drug-likeness (QED) is 0.774. The van der Waals surface area contributed by atoms with E-state index in [0.717, 1.165) is 25.7 Å². The first-order chi connectivity index (χ1) is 9.72. The van der Waals surface area contributed by atoms with Gasteiger partial charge in [-0.2, -0.15) is 0 Å². The second kappa shape index (κ2) is 7.65. The Morgan fingerprint density at radius 1 is 1.30 bits per heavy atom. The average molecular weight is 276 g/mol. The molecule has 1 aromatic rings. The minimum absolute atomic E-state index is 0.736. The zero-order chi connectivity index (χ0) is 14.4. The van der Waals surface area contributed by atoms with E-state index >= 15 is 0 Å². The van der Waals surface area contributed by atoms with Crippen molar-refractivity contribution in [2.24, 2.45) is 0 Å². The van der Waals surface area contributed by atoms with E-state index in [9.17, 15) is 0 Å². The lowest BCUT2D eigenvalue weighted by molar-refractivity contribution is 0.199. The van der Waals surface area contributed by atoms with Crippen molar-refractivity contribution < 1.29 is 4.74 Å². The van der Waals surface area contributed by atoms with Gasteiger partial charge in [0.1, 0.15) is 0 Å². The largest absolute Gasteiger partial charge is 0.383 e. The van der Waals surface area contributed by atoms with E-state index in [1.165, 1.54) is 42.5 Å². The van der Waals surface area contributed by atoms with Gasteiger partial charge in [0.2, 0.25) is 0 Å². The molecule has 112 valence electrons. The van der Waals surface area contributed by atoms with E-state index in [1.807, 2.05) is 0 Å². The summed E-state index contributed by atoms with van der Waals surface area (Å²) in [5.41, 5.74) is 4.12. The third-order valence-electron chi connectivity index (χ3n) is 4.33. The zero-order valence-corrected chi connectivity index (χ0v) is 13.1. The number of ether oxygens (including phenoxy) is 1. The van der Waals surface area contributed by atoms with Gasteiger partial charge in [-0.25, -0.2) is 0 Å². The average Bonchev–Trinajstić information content (AvgIpc) is 2.97. The topological polar surface area (TPSA) is 24.5 Å². The molecule has 0 unspecified atom stereocenters. The molecule has 1 aromatic carbocycles. The van der Waals surface area contributed by atoms with Crippen LogP contribution in [-0.2, 0) is 11.3 Å². The highest BCUT2D eigenvalue weighted by molar-refractivity contribution is 5.54. The lowest BCUT2D eigenvalue weighted by atomic mass is 10.1. The number of anilines is 1. The van der Waals surface area contributed by atoms with Gasteiger partial charge in [-0.3, -0.25) is 0 Å². The van der Waals surface area contributed by atoms with Crippen molar-refractivity contribution in [1.29, 1.82) is 0 Å². The van der Waals surface area contributed by atoms with Gasteiger partial charge in [-0.05, 0) is 37.0 Å². The molecule has 0 amide bonds. The maximum atomic E-state index is 5.04. The lowest BCUT2D eigenvalue weighted by Crippen LogP contribution is -2.29. The van der Waals surface area contributed by atoms with Gasteiger partial charge in [-0.1, -0.05) is 25.0 Å². The van der Waals surface area contributed by atoms with Gasteiger partial charge < -0.3 is 15.0 Å². The van der Waals surface area contributed by atoms with E-state index in [1.54, 1.807) is 7.11 Å². The second-order valence-electron chi connectivity index (χ2n) is 5.84. The molecule has 20 heavy (non-hydrogen) atoms. The van der Waals surface area contributed by atoms with Gasteiger partial charge in [0.25, 0.3) is 0 Å². The Morgan fingerprint density at radius 3 is 2.70 bits per heavy atom. The fourth-order valence-corrected chi connectivity index (χ4v) is 3.12. The van der Waals surface area contributed by atoms with Crippen molar-refractivity contribution in [3.05, 3.63) is 29.3 Å². The number of hydrogen-bond acceptors (Lipinski definition) is 3. The molecule has 0 saturated heterocycles. The Kier molecular flexibility index (Phi) is 5.86. The van der Waals surface area contributed by atoms with Gasteiger partial charge >= 0.3 is 0 Å². The van der Waals surface area contributed by atoms with Crippen LogP contribution in [0.5, 0.6) is 0 Å². The molecule has 0 heterocycles. The first-order valence-corrected chi connectivity index (χ1v) is 7.74. The standard InChI is InChI=1S/C17H28N2O/c1-14-12-15(13-18-10-11-20-3)8-9-17(14)19(2)16-6-4-5-7-16/h8-9,12,16,18H,4-7,10-11,13H2,1-3H3. The van der Waals surface area contributed by atoms with Crippen molar-refractivity contribution in [2.75, 3.05) is 32.2 Å². The summed E-state index contributed by atoms with van der Waals surface area (Å²) in [6, 6.07) is 7.56. The van der Waals surface area contributed by atoms with E-state index in [-0.39, 0.29) is 0 Å². The molecule has 2 rings (SSSR count). The fraction of sp³-hybridized carbons (Fsp3) is 0.647. The Balaban J connectivity index is 1.94. The summed E-state index contributed by atoms with van der Waals surface area (Å²) in [5.74, 6) is 0. The van der Waals surface area contributed by atoms with Crippen LogP contribution in [-0.4, -0.2) is 33.4 Å². The molecule has 1 saturated carbocycles. The van der Waals surface area contributed by atoms with Crippen LogP contribution in [0.15, 0.2) is 18.2 Å². The van der Waals surface area contributed by atoms with Crippen LogP contribution in [0.1, 0.15) is 36.8 Å². The summed E-state index contributed by atoms with van der Waals surface area (Å²) in [5, 5.41) is 3.40. The second-order valence-corrected chi connectivity index (χ2v) is 5.84. The normalized spacial score (nSPS) is 15.8. The number of hydrogen-bond donors (Lipinski definition) is 1. The molecule has 0 aromatic heterocycles. The molecule has 0 radical (unpaired) electrons. The van der Waals surface area contributed by atoms with Gasteiger partial charge in [0.15, 0.2) is 0 Å². The lowest BCUT2D eigenvalue weighted by Gasteiger charge is -2.28. The highest BCUT2D eigenvalue weighted by Gasteiger charge is 2.20. The van der Waals surface area contributed by atoms with E-state index in [4.69, 9.17) is 4.74 Å². The third-order valence-corrected chi connectivity index (χ3v) is 4.33. The molecule has 0 spiro atoms. The van der Waals surface area contributed by atoms with Gasteiger partial charge in [-0.15, -0.1) is 0 Å². The molecule has 3 heteroatoms. The molecule has 3 nitrogen and oxygen atoms in total. The van der Waals surface area contributed by atoms with Crippen LogP contribution in [0.4, 0.5) is 5.69 Å². The summed E-state index contributed by atoms with van der Waals surface area (Å²) < 4.78 is 5.04. The van der Waals surface area contributed by atoms with Crippen LogP contribution in [0.2, 0.25) is 0 Å². The number of rotatable bonds is 7. The summed E-state index contributed by atoms with van der Waals surface area (Å²) in [4.78, 5) is 2.48. The SMILES string of the molecule is COCCNCc1ccc(N(C)C2CCCC2)c(C)c1. The van der Waals surface area contributed by atoms with E-state index in [2.05, 4.69) is 42.4 Å². The van der Waals surface area contributed by atoms with Crippen molar-refractivity contribution in [3.63, 3.8) is 0 Å². The Bertz CT molecular complexity index is 413. The number of aryl methyl sites for hydroxylation is 1. The molecular weight excluding hydrogens is 248 g/mol. The smallest absolute Gasteiger partial charge is 0.0587 e. The molecule has 1 aliphatic rings. The Morgan fingerprint density at radius 2 is 2.05 bits per heavy atom. The highest BCUT2D eigenvalue weighted by atomic mass is 16.5. The summed E-state index contributed by atoms with van der Waals surface area (Å²) in [6.07, 6.45) is 5.46. The van der Waals surface area contributed by atoms with Crippen molar-refractivity contribution in [2.45, 2.75) is 45.2 Å². The van der Waals surface area contributed by atoms with Gasteiger partial charge in [0, 0.05) is 39.0 Å². The molecule has 1 N–H and O–H groups in total. The van der Waals surface area contributed by atoms with Crippen LogP contribution in [0.25, 0.3) is 0 Å². The monoisotopic (exact) mass is 276 g/mol. The van der Waals surface area contributed by atoms with Crippen molar-refractivity contribution in [3.8, 4) is 0 Å². The number of methoxy groups -OCH3 is 1. The van der Waals surface area contributed by atoms with Crippen LogP contribution >= 0.6 is 0 Å². The molecule has 0 aliphatic heterocycles. The maximum Gasteiger partial charge on any atom is 0.0587 e. The number of benzene rings is 1. The summed E-state index contributed by atoms with van der Waals surface area (Å²) in [6.45, 7) is 4.80. The minimum atomic E-state index is 0.736. The Hall–Kier alpha value is -1.06. The van der Waals surface area contributed by atoms with Gasteiger partial charge in [0.05, 0.1) is 6.61 Å². The predicted octanol–water partition coefficient (Wildman–Crippen LogP) is 3.11. The minimum Gasteiger partial charge on any atom is -0.383 e. The predicted molar refractivity (Wildman–Crippen MR) is 85.4 cm³/mol. The maximum absolute atomic E-state index is 5.04. The first-order valence-electron chi connectivity index (χ1n) is 7.74. The number of nitrogens with one attached hydrogen (secondary N) is 1. The summed E-state index contributed by atoms with van der Waals surface area (Å²) >= 11 is 0. The molecule has 1 fully saturated rings. The van der Waals surface area contributed by atoms with E-state index < -0.39 is 0 Å². The molecule has 0 atom stereocenters. The molecule has 1 aliphatic carbocycles. The van der Waals surface area contributed by atoms with Crippen molar-refractivity contribution >= 4 is 5.69 Å². The fourth-order valence-electron chi connectivity index (χ4n) is 3.12. The van der Waals surface area contributed by atoms with Crippen LogP contribution in [0, 0.1) is 6.92 Å². The zero-order valence-electron chi connectivity index (χ0n) is 13.1. The van der Waals surface area contributed by atoms with Crippen LogP contribution < -0.4 is 10.2 Å². The van der Waals surface area contributed by atoms with Crippen LogP contribution in [0.3, 0.4) is 0 Å². The Labute approximate surface area is 123 Å². The van der Waals surface area contributed by atoms with E-state index in [0.29, 0.717) is 0 Å². The molecular formula is C17H28N2O. The first kappa shape index (κ1) is 15.3. The van der Waals surface area contributed by atoms with Crippen molar-refractivity contribution in [1.82, 2.24) is 5.32 Å².